The summed E-state index contributed by atoms with van der Waals surface area (Å²) in [7, 11) is 1.66. The molecule has 0 unspecified atom stereocenters. The van der Waals surface area contributed by atoms with E-state index in [0.717, 1.165) is 5.69 Å². The van der Waals surface area contributed by atoms with Crippen LogP contribution >= 0.6 is 0 Å². The van der Waals surface area contributed by atoms with Crippen molar-refractivity contribution in [2.45, 2.75) is 0 Å². The Kier molecular flexibility index (Phi) is 3.89. The second-order valence-corrected chi connectivity index (χ2v) is 5.27. The Morgan fingerprint density at radius 1 is 1.22 bits per heavy atom. The lowest BCUT2D eigenvalue weighted by molar-refractivity contribution is -0.133. The van der Waals surface area contributed by atoms with Crippen molar-refractivity contribution < 1.29 is 19.4 Å². The highest BCUT2D eigenvalue weighted by molar-refractivity contribution is 5.97. The molecule has 118 valence electrons. The molecular formula is C17H16N2O4. The molecular weight excluding hydrogens is 296 g/mol. The molecule has 23 heavy (non-hydrogen) atoms. The van der Waals surface area contributed by atoms with Crippen molar-refractivity contribution in [3.05, 3.63) is 48.5 Å². The lowest BCUT2D eigenvalue weighted by Gasteiger charge is -2.30. The number of likely N-dealkylation sites (N-methyl/N-ethyl adjacent to an activating group) is 1. The molecule has 0 aromatic heterocycles. The van der Waals surface area contributed by atoms with Gasteiger partial charge in [0.05, 0.1) is 12.2 Å². The maximum Gasteiger partial charge on any atom is 0.331 e. The predicted molar refractivity (Wildman–Crippen MR) is 85.8 cm³/mol. The number of phenolic OH excluding ortho intramolecular Hbond substituents is 1. The minimum absolute atomic E-state index is 0.0339. The number of nitrogens with zero attached hydrogens (tertiary/aromatic N) is 2. The molecule has 6 heteroatoms. The van der Waals surface area contributed by atoms with Crippen LogP contribution in [0.25, 0.3) is 0 Å². The molecule has 0 saturated heterocycles. The van der Waals surface area contributed by atoms with Gasteiger partial charge in [-0.15, -0.1) is 0 Å². The third kappa shape index (κ3) is 3.11. The van der Waals surface area contributed by atoms with Crippen LogP contribution in [-0.4, -0.2) is 37.1 Å². The Bertz CT molecular complexity index is 743. The van der Waals surface area contributed by atoms with Gasteiger partial charge in [-0.25, -0.2) is 4.79 Å². The van der Waals surface area contributed by atoms with Gasteiger partial charge in [0.1, 0.15) is 12.3 Å². The van der Waals surface area contributed by atoms with Gasteiger partial charge in [-0.2, -0.15) is 0 Å². The van der Waals surface area contributed by atoms with Crippen molar-refractivity contribution in [1.82, 2.24) is 0 Å². The Morgan fingerprint density at radius 2 is 1.91 bits per heavy atom. The monoisotopic (exact) mass is 312 g/mol. The molecule has 2 aromatic carbocycles. The summed E-state index contributed by atoms with van der Waals surface area (Å²) in [6, 6.07) is 13.5. The molecule has 1 amide bonds. The Hall–Kier alpha value is -3.02. The number of rotatable bonds is 3. The molecule has 1 N–H and O–H groups in total. The molecule has 0 saturated carbocycles. The summed E-state index contributed by atoms with van der Waals surface area (Å²) in [6.45, 7) is 0.0929. The number of carbonyl (C=O) groups excluding carboxylic acids is 2. The van der Waals surface area contributed by atoms with Crippen molar-refractivity contribution in [2.24, 2.45) is 0 Å². The zero-order chi connectivity index (χ0) is 16.4. The summed E-state index contributed by atoms with van der Waals surface area (Å²) >= 11 is 0. The number of phenols is 1. The van der Waals surface area contributed by atoms with Crippen LogP contribution in [0.15, 0.2) is 48.5 Å². The molecule has 3 rings (SSSR count). The fourth-order valence-corrected chi connectivity index (χ4v) is 2.43. The number of hydrogen-bond acceptors (Lipinski definition) is 5. The standard InChI is InChI=1S/C17H16N2O4/c1-18(12-6-8-13(20)9-7-12)16(21)10-19-11-17(22)23-15-5-3-2-4-14(15)19/h2-9,20H,10-11H2,1H3. The highest BCUT2D eigenvalue weighted by atomic mass is 16.5. The second-order valence-electron chi connectivity index (χ2n) is 5.27. The van der Waals surface area contributed by atoms with E-state index < -0.39 is 0 Å². The van der Waals surface area contributed by atoms with Gasteiger partial charge in [0.2, 0.25) is 5.91 Å². The third-order valence-corrected chi connectivity index (χ3v) is 3.69. The summed E-state index contributed by atoms with van der Waals surface area (Å²) in [5.41, 5.74) is 1.39. The molecule has 0 radical (unpaired) electrons. The van der Waals surface area contributed by atoms with E-state index in [-0.39, 0.29) is 30.7 Å². The van der Waals surface area contributed by atoms with Crippen LogP contribution < -0.4 is 14.5 Å². The number of carbonyl (C=O) groups is 2. The zero-order valence-electron chi connectivity index (χ0n) is 12.6. The van der Waals surface area contributed by atoms with Gasteiger partial charge in [-0.3, -0.25) is 4.79 Å². The van der Waals surface area contributed by atoms with Crippen LogP contribution in [0.1, 0.15) is 0 Å². The van der Waals surface area contributed by atoms with Gasteiger partial charge < -0.3 is 19.6 Å². The minimum atomic E-state index is -0.385. The first-order chi connectivity index (χ1) is 11.0. The molecule has 0 bridgehead atoms. The molecule has 0 fully saturated rings. The van der Waals surface area contributed by atoms with Crippen molar-refractivity contribution >= 4 is 23.3 Å². The highest BCUT2D eigenvalue weighted by Gasteiger charge is 2.26. The van der Waals surface area contributed by atoms with Crippen LogP contribution in [0.3, 0.4) is 0 Å². The number of benzene rings is 2. The fourth-order valence-electron chi connectivity index (χ4n) is 2.43. The van der Waals surface area contributed by atoms with Crippen molar-refractivity contribution in [3.8, 4) is 11.5 Å². The maximum absolute atomic E-state index is 12.5. The molecule has 0 aliphatic carbocycles. The number of fused-ring (bicyclic) bond motifs is 1. The van der Waals surface area contributed by atoms with E-state index in [2.05, 4.69) is 0 Å². The van der Waals surface area contributed by atoms with E-state index >= 15 is 0 Å². The number of para-hydroxylation sites is 2. The average molecular weight is 312 g/mol. The highest BCUT2D eigenvalue weighted by Crippen LogP contribution is 2.31. The zero-order valence-corrected chi connectivity index (χ0v) is 12.6. The first kappa shape index (κ1) is 14.9. The van der Waals surface area contributed by atoms with E-state index in [4.69, 9.17) is 4.74 Å². The quantitative estimate of drug-likeness (QED) is 0.691. The van der Waals surface area contributed by atoms with Gasteiger partial charge in [-0.05, 0) is 36.4 Å². The van der Waals surface area contributed by atoms with E-state index in [0.29, 0.717) is 11.4 Å². The Labute approximate surface area is 133 Å². The van der Waals surface area contributed by atoms with Crippen LogP contribution in [0.5, 0.6) is 11.5 Å². The number of hydrogen-bond donors (Lipinski definition) is 1. The van der Waals surface area contributed by atoms with Gasteiger partial charge in [0.15, 0.2) is 5.75 Å². The molecule has 2 aromatic rings. The van der Waals surface area contributed by atoms with E-state index in [1.165, 1.54) is 17.0 Å². The number of aromatic hydroxyl groups is 1. The second kappa shape index (κ2) is 6.00. The van der Waals surface area contributed by atoms with Gasteiger partial charge >= 0.3 is 5.97 Å². The predicted octanol–water partition coefficient (Wildman–Crippen LogP) is 1.78. The SMILES string of the molecule is CN(C(=O)CN1CC(=O)Oc2ccccc21)c1ccc(O)cc1. The fraction of sp³-hybridized carbons (Fsp3) is 0.176. The lowest BCUT2D eigenvalue weighted by atomic mass is 10.2. The first-order valence-electron chi connectivity index (χ1n) is 7.15. The number of ether oxygens (including phenoxy) is 1. The Balaban J connectivity index is 1.77. The number of anilines is 2. The van der Waals surface area contributed by atoms with Crippen LogP contribution in [0, 0.1) is 0 Å². The van der Waals surface area contributed by atoms with Crippen LogP contribution in [-0.2, 0) is 9.59 Å². The van der Waals surface area contributed by atoms with Crippen molar-refractivity contribution in [3.63, 3.8) is 0 Å². The van der Waals surface area contributed by atoms with Crippen molar-refractivity contribution in [1.29, 1.82) is 0 Å². The molecule has 1 heterocycles. The van der Waals surface area contributed by atoms with Crippen LogP contribution in [0.2, 0.25) is 0 Å². The van der Waals surface area contributed by atoms with Crippen LogP contribution in [0.4, 0.5) is 11.4 Å². The maximum atomic E-state index is 12.5. The summed E-state index contributed by atoms with van der Waals surface area (Å²) in [5.74, 6) is 0.0510. The molecule has 6 nitrogen and oxygen atoms in total. The summed E-state index contributed by atoms with van der Waals surface area (Å²) in [4.78, 5) is 27.3. The average Bonchev–Trinajstić information content (AvgIpc) is 2.54. The number of esters is 1. The first-order valence-corrected chi connectivity index (χ1v) is 7.15. The smallest absolute Gasteiger partial charge is 0.331 e. The molecule has 1 aliphatic heterocycles. The molecule has 1 aliphatic rings. The third-order valence-electron chi connectivity index (χ3n) is 3.69. The van der Waals surface area contributed by atoms with E-state index in [1.807, 2.05) is 12.1 Å². The number of amides is 1. The van der Waals surface area contributed by atoms with Gasteiger partial charge in [-0.1, -0.05) is 12.1 Å². The molecule has 0 spiro atoms. The summed E-state index contributed by atoms with van der Waals surface area (Å²) in [6.07, 6.45) is 0. The largest absolute Gasteiger partial charge is 0.508 e. The summed E-state index contributed by atoms with van der Waals surface area (Å²) in [5, 5.41) is 9.31. The van der Waals surface area contributed by atoms with Gasteiger partial charge in [0.25, 0.3) is 0 Å². The van der Waals surface area contributed by atoms with Crippen molar-refractivity contribution in [2.75, 3.05) is 29.9 Å². The van der Waals surface area contributed by atoms with Gasteiger partial charge in [0, 0.05) is 12.7 Å². The Morgan fingerprint density at radius 3 is 2.65 bits per heavy atom. The van der Waals surface area contributed by atoms with E-state index in [1.54, 1.807) is 36.2 Å². The summed E-state index contributed by atoms with van der Waals surface area (Å²) < 4.78 is 5.17. The topological polar surface area (TPSA) is 70.1 Å². The van der Waals surface area contributed by atoms with E-state index in [9.17, 15) is 14.7 Å². The molecule has 0 atom stereocenters. The minimum Gasteiger partial charge on any atom is -0.508 e. The normalized spacial score (nSPS) is 13.3. The lowest BCUT2D eigenvalue weighted by Crippen LogP contribution is -2.44.